The van der Waals surface area contributed by atoms with Crippen molar-refractivity contribution in [3.63, 3.8) is 0 Å². The van der Waals surface area contributed by atoms with Crippen LogP contribution in [0.15, 0.2) is 6.07 Å². The fourth-order valence-corrected chi connectivity index (χ4v) is 1.91. The van der Waals surface area contributed by atoms with Crippen LogP contribution < -0.4 is 10.6 Å². The van der Waals surface area contributed by atoms with Crippen molar-refractivity contribution >= 4 is 11.6 Å². The smallest absolute Gasteiger partial charge is 0.136 e. The number of hydrogen-bond acceptors (Lipinski definition) is 5. The molecule has 1 heterocycles. The van der Waals surface area contributed by atoms with Crippen molar-refractivity contribution in [3.8, 4) is 6.07 Å². The molecular weight excluding hydrogens is 226 g/mol. The zero-order valence-corrected chi connectivity index (χ0v) is 10.9. The van der Waals surface area contributed by atoms with Gasteiger partial charge >= 0.3 is 0 Å². The molecule has 96 valence electrons. The van der Waals surface area contributed by atoms with E-state index in [1.165, 1.54) is 0 Å². The molecular formula is C13H19N5. The summed E-state index contributed by atoms with van der Waals surface area (Å²) in [6.07, 6.45) is 2.31. The predicted octanol–water partition coefficient (Wildman–Crippen LogP) is 1.92. The Morgan fingerprint density at radius 3 is 2.83 bits per heavy atom. The van der Waals surface area contributed by atoms with Crippen LogP contribution in [0.1, 0.15) is 38.4 Å². The predicted molar refractivity (Wildman–Crippen MR) is 71.1 cm³/mol. The van der Waals surface area contributed by atoms with Crippen LogP contribution in [0.4, 0.5) is 11.6 Å². The van der Waals surface area contributed by atoms with E-state index in [-0.39, 0.29) is 5.92 Å². The van der Waals surface area contributed by atoms with E-state index >= 15 is 0 Å². The van der Waals surface area contributed by atoms with Crippen molar-refractivity contribution in [2.24, 2.45) is 5.92 Å². The Kier molecular flexibility index (Phi) is 3.66. The normalized spacial score (nSPS) is 16.1. The van der Waals surface area contributed by atoms with Crippen molar-refractivity contribution < 1.29 is 0 Å². The van der Waals surface area contributed by atoms with Crippen LogP contribution in [-0.2, 0) is 0 Å². The monoisotopic (exact) mass is 245 g/mol. The summed E-state index contributed by atoms with van der Waals surface area (Å²) >= 11 is 0. The molecule has 2 N–H and O–H groups in total. The van der Waals surface area contributed by atoms with Crippen LogP contribution in [0.3, 0.4) is 0 Å². The minimum atomic E-state index is -0.0227. The number of hydrogen-bond donors (Lipinski definition) is 1. The highest BCUT2D eigenvalue weighted by atomic mass is 15.2. The second-order valence-electron chi connectivity index (χ2n) is 4.85. The highest BCUT2D eigenvalue weighted by Crippen LogP contribution is 2.38. The molecule has 18 heavy (non-hydrogen) atoms. The Morgan fingerprint density at radius 1 is 1.56 bits per heavy atom. The summed E-state index contributed by atoms with van der Waals surface area (Å²) in [6.45, 7) is 5.45. The van der Waals surface area contributed by atoms with E-state index in [9.17, 15) is 0 Å². The summed E-state index contributed by atoms with van der Waals surface area (Å²) in [5.41, 5.74) is 5.84. The molecule has 0 aliphatic heterocycles. The van der Waals surface area contributed by atoms with Crippen molar-refractivity contribution in [1.82, 2.24) is 9.97 Å². The third kappa shape index (κ3) is 2.89. The summed E-state index contributed by atoms with van der Waals surface area (Å²) in [4.78, 5) is 10.9. The summed E-state index contributed by atoms with van der Waals surface area (Å²) in [5, 5.41) is 8.90. The molecule has 0 spiro atoms. The third-order valence-corrected chi connectivity index (χ3v) is 3.11. The molecule has 1 unspecified atom stereocenters. The second-order valence-corrected chi connectivity index (χ2v) is 4.85. The van der Waals surface area contributed by atoms with Gasteiger partial charge in [-0.15, -0.1) is 0 Å². The SMILES string of the molecule is CCN(CC(C)C#N)c1cc(N)nc(C2CC2)n1. The molecule has 1 saturated carbocycles. The molecule has 1 aromatic rings. The number of rotatable bonds is 5. The standard InChI is InChI=1S/C13H19N5/c1-3-18(8-9(2)7-14)12-6-11(15)16-13(17-12)10-4-5-10/h6,9-10H,3-5,8H2,1-2H3,(H2,15,16,17). The van der Waals surface area contributed by atoms with Crippen LogP contribution >= 0.6 is 0 Å². The first-order valence-corrected chi connectivity index (χ1v) is 6.43. The zero-order valence-electron chi connectivity index (χ0n) is 10.9. The minimum absolute atomic E-state index is 0.0227. The lowest BCUT2D eigenvalue weighted by atomic mass is 10.2. The van der Waals surface area contributed by atoms with Gasteiger partial charge in [-0.2, -0.15) is 5.26 Å². The largest absolute Gasteiger partial charge is 0.384 e. The number of nitrogens with two attached hydrogens (primary N) is 1. The average molecular weight is 245 g/mol. The molecule has 2 rings (SSSR count). The Balaban J connectivity index is 2.21. The molecule has 1 aliphatic rings. The molecule has 5 heteroatoms. The summed E-state index contributed by atoms with van der Waals surface area (Å²) < 4.78 is 0. The fraction of sp³-hybridized carbons (Fsp3) is 0.615. The molecule has 5 nitrogen and oxygen atoms in total. The van der Waals surface area contributed by atoms with Gasteiger partial charge in [-0.25, -0.2) is 9.97 Å². The summed E-state index contributed by atoms with van der Waals surface area (Å²) in [7, 11) is 0. The lowest BCUT2D eigenvalue weighted by Gasteiger charge is -2.23. The zero-order chi connectivity index (χ0) is 13.1. The maximum Gasteiger partial charge on any atom is 0.136 e. The number of anilines is 2. The van der Waals surface area contributed by atoms with Gasteiger partial charge in [-0.3, -0.25) is 0 Å². The van der Waals surface area contributed by atoms with Gasteiger partial charge in [0.25, 0.3) is 0 Å². The average Bonchev–Trinajstić information content (AvgIpc) is 3.18. The molecule has 0 saturated heterocycles. The van der Waals surface area contributed by atoms with Gasteiger partial charge in [0.2, 0.25) is 0 Å². The van der Waals surface area contributed by atoms with Gasteiger partial charge in [0, 0.05) is 25.1 Å². The van der Waals surface area contributed by atoms with E-state index in [1.807, 2.05) is 6.92 Å². The van der Waals surface area contributed by atoms with Crippen LogP contribution in [-0.4, -0.2) is 23.1 Å². The van der Waals surface area contributed by atoms with Crippen LogP contribution in [0.5, 0.6) is 0 Å². The molecule has 0 amide bonds. The van der Waals surface area contributed by atoms with Gasteiger partial charge in [0.05, 0.1) is 12.0 Å². The number of nitriles is 1. The third-order valence-electron chi connectivity index (χ3n) is 3.11. The summed E-state index contributed by atoms with van der Waals surface area (Å²) in [5.74, 6) is 2.68. The van der Waals surface area contributed by atoms with Crippen LogP contribution in [0.2, 0.25) is 0 Å². The van der Waals surface area contributed by atoms with Crippen LogP contribution in [0, 0.1) is 17.2 Å². The van der Waals surface area contributed by atoms with Crippen molar-refractivity contribution in [2.75, 3.05) is 23.7 Å². The molecule has 1 fully saturated rings. The first kappa shape index (κ1) is 12.6. The topological polar surface area (TPSA) is 78.8 Å². The maximum atomic E-state index is 8.90. The van der Waals surface area contributed by atoms with E-state index in [1.54, 1.807) is 6.07 Å². The van der Waals surface area contributed by atoms with E-state index < -0.39 is 0 Å². The van der Waals surface area contributed by atoms with E-state index in [2.05, 4.69) is 27.9 Å². The molecule has 0 aromatic carbocycles. The van der Waals surface area contributed by atoms with Crippen molar-refractivity contribution in [1.29, 1.82) is 5.26 Å². The molecule has 1 aromatic heterocycles. The Morgan fingerprint density at radius 2 is 2.28 bits per heavy atom. The Labute approximate surface area is 108 Å². The fourth-order valence-electron chi connectivity index (χ4n) is 1.91. The quantitative estimate of drug-likeness (QED) is 0.857. The second kappa shape index (κ2) is 5.21. The van der Waals surface area contributed by atoms with Gasteiger partial charge in [0.15, 0.2) is 0 Å². The van der Waals surface area contributed by atoms with Crippen LogP contribution in [0.25, 0.3) is 0 Å². The van der Waals surface area contributed by atoms with Crippen molar-refractivity contribution in [3.05, 3.63) is 11.9 Å². The van der Waals surface area contributed by atoms with Gasteiger partial charge < -0.3 is 10.6 Å². The highest BCUT2D eigenvalue weighted by Gasteiger charge is 2.27. The lowest BCUT2D eigenvalue weighted by Crippen LogP contribution is -2.29. The Hall–Kier alpha value is -1.83. The summed E-state index contributed by atoms with van der Waals surface area (Å²) in [6, 6.07) is 4.04. The number of nitrogen functional groups attached to an aromatic ring is 1. The van der Waals surface area contributed by atoms with E-state index in [0.717, 1.165) is 31.0 Å². The van der Waals surface area contributed by atoms with Gasteiger partial charge in [0.1, 0.15) is 17.5 Å². The maximum absolute atomic E-state index is 8.90. The Bertz CT molecular complexity index is 461. The first-order valence-electron chi connectivity index (χ1n) is 6.43. The molecule has 1 aliphatic carbocycles. The highest BCUT2D eigenvalue weighted by molar-refractivity contribution is 5.47. The number of aromatic nitrogens is 2. The van der Waals surface area contributed by atoms with Gasteiger partial charge in [-0.1, -0.05) is 0 Å². The van der Waals surface area contributed by atoms with Crippen molar-refractivity contribution in [2.45, 2.75) is 32.6 Å². The molecule has 0 radical (unpaired) electrons. The van der Waals surface area contributed by atoms with E-state index in [4.69, 9.17) is 11.0 Å². The van der Waals surface area contributed by atoms with E-state index in [0.29, 0.717) is 18.3 Å². The molecule has 1 atom stereocenters. The number of nitrogens with zero attached hydrogens (tertiary/aromatic N) is 4. The van der Waals surface area contributed by atoms with Gasteiger partial charge in [-0.05, 0) is 26.7 Å². The molecule has 0 bridgehead atoms. The minimum Gasteiger partial charge on any atom is -0.384 e. The lowest BCUT2D eigenvalue weighted by molar-refractivity contribution is 0.676. The first-order chi connectivity index (χ1) is 8.63.